The Hall–Kier alpha value is -1.54. The molecular formula is C11H8ClNO. The van der Waals surface area contributed by atoms with E-state index in [0.29, 0.717) is 10.6 Å². The monoisotopic (exact) mass is 205 g/mol. The van der Waals surface area contributed by atoms with Crippen LogP contribution in [0.25, 0.3) is 11.3 Å². The van der Waals surface area contributed by atoms with Gasteiger partial charge in [0.1, 0.15) is 0 Å². The van der Waals surface area contributed by atoms with E-state index in [1.165, 1.54) is 0 Å². The molecule has 0 amide bonds. The maximum absolute atomic E-state index is 10.7. The van der Waals surface area contributed by atoms with Gasteiger partial charge in [-0.05, 0) is 23.8 Å². The average Bonchev–Trinajstić information content (AvgIpc) is 2.67. The number of H-pyrrole nitrogens is 1. The van der Waals surface area contributed by atoms with Gasteiger partial charge in [-0.3, -0.25) is 4.79 Å². The van der Waals surface area contributed by atoms with Crippen molar-refractivity contribution in [2.24, 2.45) is 0 Å². The van der Waals surface area contributed by atoms with E-state index in [4.69, 9.17) is 11.6 Å². The first-order chi connectivity index (χ1) is 6.81. The first kappa shape index (κ1) is 9.03. The van der Waals surface area contributed by atoms with Crippen molar-refractivity contribution < 1.29 is 4.79 Å². The summed E-state index contributed by atoms with van der Waals surface area (Å²) in [5.41, 5.74) is 2.45. The molecule has 0 spiro atoms. The van der Waals surface area contributed by atoms with E-state index in [1.54, 1.807) is 24.4 Å². The Balaban J connectivity index is 2.49. The van der Waals surface area contributed by atoms with Crippen molar-refractivity contribution in [1.82, 2.24) is 4.98 Å². The minimum absolute atomic E-state index is 0.660. The van der Waals surface area contributed by atoms with Gasteiger partial charge in [0.15, 0.2) is 6.29 Å². The number of hydrogen-bond acceptors (Lipinski definition) is 1. The molecule has 0 aliphatic carbocycles. The van der Waals surface area contributed by atoms with Crippen molar-refractivity contribution in [2.75, 3.05) is 0 Å². The molecule has 0 fully saturated rings. The molecule has 3 heteroatoms. The first-order valence-corrected chi connectivity index (χ1v) is 4.57. The highest BCUT2D eigenvalue weighted by Gasteiger charge is 2.04. The van der Waals surface area contributed by atoms with Gasteiger partial charge in [0.25, 0.3) is 0 Å². The third-order valence-corrected chi connectivity index (χ3v) is 2.29. The van der Waals surface area contributed by atoms with Gasteiger partial charge < -0.3 is 4.98 Å². The van der Waals surface area contributed by atoms with Crippen molar-refractivity contribution in [3.8, 4) is 11.3 Å². The Morgan fingerprint density at radius 3 is 2.50 bits per heavy atom. The van der Waals surface area contributed by atoms with E-state index in [0.717, 1.165) is 17.5 Å². The van der Waals surface area contributed by atoms with Crippen molar-refractivity contribution in [1.29, 1.82) is 0 Å². The highest BCUT2D eigenvalue weighted by atomic mass is 35.5. The lowest BCUT2D eigenvalue weighted by molar-refractivity contribution is 0.112. The summed E-state index contributed by atoms with van der Waals surface area (Å²) in [6.07, 6.45) is 2.58. The number of nitrogens with one attached hydrogen (secondary N) is 1. The normalized spacial score (nSPS) is 10.1. The summed E-state index contributed by atoms with van der Waals surface area (Å²) in [6, 6.07) is 9.10. The molecule has 0 atom stereocenters. The molecule has 2 rings (SSSR count). The Morgan fingerprint density at radius 2 is 1.86 bits per heavy atom. The molecule has 70 valence electrons. The predicted molar refractivity (Wildman–Crippen MR) is 56.6 cm³/mol. The predicted octanol–water partition coefficient (Wildman–Crippen LogP) is 3.15. The molecule has 2 nitrogen and oxygen atoms in total. The third kappa shape index (κ3) is 1.56. The molecule has 0 aliphatic heterocycles. The molecule has 2 aromatic rings. The smallest absolute Gasteiger partial charge is 0.152 e. The fourth-order valence-electron chi connectivity index (χ4n) is 1.35. The van der Waals surface area contributed by atoms with Gasteiger partial charge in [-0.2, -0.15) is 0 Å². The molecule has 0 radical (unpaired) electrons. The number of rotatable bonds is 2. The zero-order chi connectivity index (χ0) is 9.97. The van der Waals surface area contributed by atoms with E-state index in [2.05, 4.69) is 4.98 Å². The van der Waals surface area contributed by atoms with E-state index >= 15 is 0 Å². The van der Waals surface area contributed by atoms with Crippen molar-refractivity contribution in [3.63, 3.8) is 0 Å². The van der Waals surface area contributed by atoms with Gasteiger partial charge in [-0.25, -0.2) is 0 Å². The fraction of sp³-hybridized carbons (Fsp3) is 0. The van der Waals surface area contributed by atoms with E-state index in [-0.39, 0.29) is 0 Å². The van der Waals surface area contributed by atoms with Gasteiger partial charge in [-0.1, -0.05) is 23.7 Å². The number of aromatic amines is 1. The standard InChI is InChI=1S/C11H8ClNO/c12-10-3-1-8(2-4-10)11-9(7-14)5-6-13-11/h1-7,13H. The Kier molecular flexibility index (Phi) is 2.37. The number of carbonyl (C=O) groups excluding carboxylic acids is 1. The summed E-state index contributed by atoms with van der Waals surface area (Å²) in [6.45, 7) is 0. The molecule has 1 aromatic heterocycles. The molecule has 0 saturated carbocycles. The van der Waals surface area contributed by atoms with Crippen LogP contribution in [0, 0.1) is 0 Å². The minimum Gasteiger partial charge on any atom is -0.361 e. The lowest BCUT2D eigenvalue weighted by atomic mass is 10.1. The number of carbonyl (C=O) groups is 1. The lowest BCUT2D eigenvalue weighted by Gasteiger charge is -1.99. The van der Waals surface area contributed by atoms with Crippen LogP contribution in [0.4, 0.5) is 0 Å². The second-order valence-electron chi connectivity index (χ2n) is 2.93. The maximum atomic E-state index is 10.7. The van der Waals surface area contributed by atoms with Crippen LogP contribution in [-0.4, -0.2) is 11.3 Å². The molecule has 14 heavy (non-hydrogen) atoms. The average molecular weight is 206 g/mol. The molecule has 1 heterocycles. The molecule has 1 N–H and O–H groups in total. The summed E-state index contributed by atoms with van der Waals surface area (Å²) in [7, 11) is 0. The Labute approximate surface area is 86.5 Å². The fourth-order valence-corrected chi connectivity index (χ4v) is 1.47. The van der Waals surface area contributed by atoms with E-state index in [9.17, 15) is 4.79 Å². The van der Waals surface area contributed by atoms with Crippen LogP contribution >= 0.6 is 11.6 Å². The quantitative estimate of drug-likeness (QED) is 0.751. The summed E-state index contributed by atoms with van der Waals surface area (Å²) >= 11 is 5.77. The minimum atomic E-state index is 0.660. The lowest BCUT2D eigenvalue weighted by Crippen LogP contribution is -1.83. The Bertz CT molecular complexity index is 445. The van der Waals surface area contributed by atoms with Crippen molar-refractivity contribution >= 4 is 17.9 Å². The zero-order valence-corrected chi connectivity index (χ0v) is 8.08. The van der Waals surface area contributed by atoms with Crippen LogP contribution in [0.15, 0.2) is 36.5 Å². The molecule has 0 bridgehead atoms. The Morgan fingerprint density at radius 1 is 1.14 bits per heavy atom. The molecular weight excluding hydrogens is 198 g/mol. The second kappa shape index (κ2) is 3.68. The summed E-state index contributed by atoms with van der Waals surface area (Å²) in [4.78, 5) is 13.7. The largest absolute Gasteiger partial charge is 0.361 e. The van der Waals surface area contributed by atoms with Crippen molar-refractivity contribution in [3.05, 3.63) is 47.1 Å². The van der Waals surface area contributed by atoms with Crippen LogP contribution < -0.4 is 0 Å². The highest BCUT2D eigenvalue weighted by Crippen LogP contribution is 2.22. The van der Waals surface area contributed by atoms with Crippen LogP contribution in [0.3, 0.4) is 0 Å². The summed E-state index contributed by atoms with van der Waals surface area (Å²) in [5.74, 6) is 0. The molecule has 0 unspecified atom stereocenters. The van der Waals surface area contributed by atoms with Gasteiger partial charge >= 0.3 is 0 Å². The van der Waals surface area contributed by atoms with Gasteiger partial charge in [0.05, 0.1) is 5.69 Å². The van der Waals surface area contributed by atoms with Gasteiger partial charge in [0.2, 0.25) is 0 Å². The molecule has 0 saturated heterocycles. The van der Waals surface area contributed by atoms with Crippen LogP contribution in [0.2, 0.25) is 5.02 Å². The van der Waals surface area contributed by atoms with Gasteiger partial charge in [-0.15, -0.1) is 0 Å². The number of aldehydes is 1. The molecule has 0 aliphatic rings. The van der Waals surface area contributed by atoms with Crippen LogP contribution in [-0.2, 0) is 0 Å². The number of hydrogen-bond donors (Lipinski definition) is 1. The third-order valence-electron chi connectivity index (χ3n) is 2.04. The van der Waals surface area contributed by atoms with Gasteiger partial charge in [0, 0.05) is 16.8 Å². The number of halogens is 1. The maximum Gasteiger partial charge on any atom is 0.152 e. The van der Waals surface area contributed by atoms with Crippen LogP contribution in [0.5, 0.6) is 0 Å². The summed E-state index contributed by atoms with van der Waals surface area (Å²) in [5, 5.41) is 0.688. The zero-order valence-electron chi connectivity index (χ0n) is 7.33. The molecule has 1 aromatic carbocycles. The topological polar surface area (TPSA) is 32.9 Å². The first-order valence-electron chi connectivity index (χ1n) is 4.20. The van der Waals surface area contributed by atoms with Crippen LogP contribution in [0.1, 0.15) is 10.4 Å². The SMILES string of the molecule is O=Cc1cc[nH]c1-c1ccc(Cl)cc1. The van der Waals surface area contributed by atoms with E-state index in [1.807, 2.05) is 12.1 Å². The number of benzene rings is 1. The van der Waals surface area contributed by atoms with E-state index < -0.39 is 0 Å². The number of aromatic nitrogens is 1. The summed E-state index contributed by atoms with van der Waals surface area (Å²) < 4.78 is 0. The van der Waals surface area contributed by atoms with Crippen molar-refractivity contribution in [2.45, 2.75) is 0 Å². The highest BCUT2D eigenvalue weighted by molar-refractivity contribution is 6.30. The second-order valence-corrected chi connectivity index (χ2v) is 3.37.